The third kappa shape index (κ3) is 6.79. The van der Waals surface area contributed by atoms with Crippen molar-refractivity contribution in [3.8, 4) is 35.5 Å². The van der Waals surface area contributed by atoms with Crippen LogP contribution in [0, 0.1) is 35.5 Å². The second-order valence-corrected chi connectivity index (χ2v) is 11.3. The number of aromatic nitrogens is 3. The van der Waals surface area contributed by atoms with Crippen molar-refractivity contribution in [3.05, 3.63) is 159 Å². The van der Waals surface area contributed by atoms with Crippen LogP contribution in [0.3, 0.4) is 0 Å². The van der Waals surface area contributed by atoms with Crippen molar-refractivity contribution in [1.29, 1.82) is 0 Å². The number of hydrogen-bond donors (Lipinski definition) is 5. The highest BCUT2D eigenvalue weighted by Crippen LogP contribution is 2.25. The monoisotopic (exact) mass is 665 g/mol. The molecule has 0 aliphatic carbocycles. The van der Waals surface area contributed by atoms with Crippen molar-refractivity contribution in [1.82, 2.24) is 15.0 Å². The Kier molecular flexibility index (Phi) is 8.33. The number of hydrogen-bond acceptors (Lipinski definition) is 4. The zero-order valence-electron chi connectivity index (χ0n) is 26.4. The summed E-state index contributed by atoms with van der Waals surface area (Å²) in [5.41, 5.74) is 8.05. The van der Waals surface area contributed by atoms with Gasteiger partial charge in [0.25, 0.3) is 0 Å². The lowest BCUT2D eigenvalue weighted by molar-refractivity contribution is 0.0686. The van der Waals surface area contributed by atoms with Crippen molar-refractivity contribution in [2.24, 2.45) is 0 Å². The molecule has 4 heterocycles. The lowest BCUT2D eigenvalue weighted by Crippen LogP contribution is -1.95. The molecule has 51 heavy (non-hydrogen) atoms. The molecule has 5 N–H and O–H groups in total. The van der Waals surface area contributed by atoms with E-state index >= 15 is 0 Å². The second-order valence-electron chi connectivity index (χ2n) is 11.3. The second kappa shape index (κ2) is 13.4. The zero-order chi connectivity index (χ0) is 35.5. The smallest absolute Gasteiger partial charge is 0.335 e. The van der Waals surface area contributed by atoms with Gasteiger partial charge in [-0.05, 0) is 109 Å². The van der Waals surface area contributed by atoms with Crippen LogP contribution in [0.25, 0.3) is 34.2 Å². The summed E-state index contributed by atoms with van der Waals surface area (Å²) in [4.78, 5) is 45.9. The fourth-order valence-corrected chi connectivity index (χ4v) is 5.33. The van der Waals surface area contributed by atoms with Crippen molar-refractivity contribution >= 4 is 52.1 Å². The largest absolute Gasteiger partial charge is 0.478 e. The fraction of sp³-hybridized carbons (Fsp3) is 0. The molecule has 0 saturated carbocycles. The molecule has 6 aromatic rings. The van der Waals surface area contributed by atoms with Gasteiger partial charge in [0, 0.05) is 16.7 Å². The molecule has 0 atom stereocenters. The van der Waals surface area contributed by atoms with E-state index in [1.54, 1.807) is 36.4 Å². The van der Waals surface area contributed by atoms with Gasteiger partial charge in [-0.15, -0.1) is 0 Å². The van der Waals surface area contributed by atoms with E-state index in [0.717, 1.165) is 0 Å². The summed E-state index contributed by atoms with van der Waals surface area (Å²) < 4.78 is 0. The quantitative estimate of drug-likeness (QED) is 0.128. The van der Waals surface area contributed by atoms with Gasteiger partial charge in [0.05, 0.1) is 66.8 Å². The highest BCUT2D eigenvalue weighted by Gasteiger charge is 2.13. The summed E-state index contributed by atoms with van der Waals surface area (Å²) in [6.45, 7) is 0. The van der Waals surface area contributed by atoms with Gasteiger partial charge in [-0.2, -0.15) is 0 Å². The number of H-pyrrole nitrogens is 2. The first kappa shape index (κ1) is 31.8. The molecule has 242 valence electrons. The molecule has 3 aromatic heterocycles. The number of aromatic carboxylic acids is 3. The highest BCUT2D eigenvalue weighted by molar-refractivity contribution is 5.90. The third-order valence-corrected chi connectivity index (χ3v) is 7.99. The number of carboxylic acid groups (broad SMARTS) is 3. The molecule has 9 heteroatoms. The fourth-order valence-electron chi connectivity index (χ4n) is 5.33. The normalized spacial score (nSPS) is 10.7. The molecule has 9 nitrogen and oxygen atoms in total. The SMILES string of the molecule is O=C(O)c1ccc(C#Cc2c3nc(c(C#Cc4ccc(C(=O)O)cc4)c4ccc([nH]4)c(C#Cc4ccc(C(=O)O)cc4)c4ccc2[nH]4)C=C3)cc1. The predicted molar refractivity (Wildman–Crippen MR) is 193 cm³/mol. The zero-order valence-corrected chi connectivity index (χ0v) is 26.4. The van der Waals surface area contributed by atoms with Crippen LogP contribution in [0.4, 0.5) is 0 Å². The Balaban J connectivity index is 1.45. The van der Waals surface area contributed by atoms with Crippen LogP contribution in [-0.2, 0) is 0 Å². The van der Waals surface area contributed by atoms with Crippen LogP contribution in [0.2, 0.25) is 0 Å². The molecule has 6 bridgehead atoms. The first-order chi connectivity index (χ1) is 24.7. The minimum Gasteiger partial charge on any atom is -0.478 e. The molecule has 1 aliphatic rings. The molecule has 1 aliphatic heterocycles. The number of nitrogens with zero attached hydrogens (tertiary/aromatic N) is 1. The summed E-state index contributed by atoms with van der Waals surface area (Å²) in [6, 6.07) is 26.4. The van der Waals surface area contributed by atoms with Crippen molar-refractivity contribution < 1.29 is 29.7 Å². The van der Waals surface area contributed by atoms with Gasteiger partial charge >= 0.3 is 17.9 Å². The molecule has 3 aromatic carbocycles. The minimum absolute atomic E-state index is 0.159. The standard InChI is InChI=1S/C42H23N3O6/c46-40(47)28-10-1-25(2-11-28)7-16-31-34-19-21-36(43-34)32(17-8-26-3-12-29(13-4-26)41(48)49)38-23-24-39(45-38)33(37-22-20-35(31)44-37)18-9-27-5-14-30(15-6-27)42(50)51/h1-6,10-15,19-24,43-44H,(H,46,47)(H,48,49)(H,50,51). The van der Waals surface area contributed by atoms with Gasteiger partial charge in [-0.1, -0.05) is 35.5 Å². The number of aromatic amines is 2. The molecule has 0 unspecified atom stereocenters. The Hall–Kier alpha value is -7.80. The summed E-state index contributed by atoms with van der Waals surface area (Å²) >= 11 is 0. The van der Waals surface area contributed by atoms with Crippen molar-refractivity contribution in [2.45, 2.75) is 0 Å². The first-order valence-electron chi connectivity index (χ1n) is 15.4. The number of carbonyl (C=O) groups is 3. The average Bonchev–Trinajstić information content (AvgIpc) is 3.92. The van der Waals surface area contributed by atoms with E-state index in [-0.39, 0.29) is 16.7 Å². The van der Waals surface area contributed by atoms with Crippen LogP contribution >= 0.6 is 0 Å². The van der Waals surface area contributed by atoms with Gasteiger partial charge in [0.2, 0.25) is 0 Å². The Morgan fingerprint density at radius 3 is 1.02 bits per heavy atom. The maximum Gasteiger partial charge on any atom is 0.335 e. The van der Waals surface area contributed by atoms with Crippen LogP contribution in [0.15, 0.2) is 97.1 Å². The minimum atomic E-state index is -1.02. The summed E-state index contributed by atoms with van der Waals surface area (Å²) in [7, 11) is 0. The highest BCUT2D eigenvalue weighted by atomic mass is 16.4. The molecule has 0 radical (unpaired) electrons. The van der Waals surface area contributed by atoms with E-state index in [0.29, 0.717) is 66.8 Å². The number of fused-ring (bicyclic) bond motifs is 6. The van der Waals surface area contributed by atoms with Gasteiger partial charge in [0.1, 0.15) is 0 Å². The lowest BCUT2D eigenvalue weighted by Gasteiger charge is -1.98. The maximum atomic E-state index is 11.3. The molecule has 0 amide bonds. The van der Waals surface area contributed by atoms with E-state index in [1.165, 1.54) is 36.4 Å². The number of nitrogens with one attached hydrogen (secondary N) is 2. The van der Waals surface area contributed by atoms with E-state index in [2.05, 4.69) is 45.5 Å². The van der Waals surface area contributed by atoms with E-state index in [9.17, 15) is 29.7 Å². The Bertz CT molecular complexity index is 2570. The summed E-state index contributed by atoms with van der Waals surface area (Å²) in [5, 5.41) is 27.9. The van der Waals surface area contributed by atoms with Crippen LogP contribution in [0.1, 0.15) is 75.8 Å². The Morgan fingerprint density at radius 2 is 0.706 bits per heavy atom. The van der Waals surface area contributed by atoms with Gasteiger partial charge in [-0.25, -0.2) is 19.4 Å². The van der Waals surface area contributed by atoms with Gasteiger partial charge in [0.15, 0.2) is 0 Å². The molecular formula is C42H23N3O6. The van der Waals surface area contributed by atoms with Crippen LogP contribution < -0.4 is 0 Å². The topological polar surface area (TPSA) is 156 Å². The van der Waals surface area contributed by atoms with Gasteiger partial charge < -0.3 is 25.3 Å². The molecule has 0 fully saturated rings. The van der Waals surface area contributed by atoms with E-state index in [1.807, 2.05) is 36.4 Å². The van der Waals surface area contributed by atoms with E-state index in [4.69, 9.17) is 4.98 Å². The molecule has 0 saturated heterocycles. The summed E-state index contributed by atoms with van der Waals surface area (Å²) in [6.07, 6.45) is 3.70. The number of carboxylic acids is 3. The van der Waals surface area contributed by atoms with E-state index < -0.39 is 17.9 Å². The Labute approximate surface area is 290 Å². The summed E-state index contributed by atoms with van der Waals surface area (Å²) in [5.74, 6) is 16.1. The Morgan fingerprint density at radius 1 is 0.412 bits per heavy atom. The first-order valence-corrected chi connectivity index (χ1v) is 15.4. The number of rotatable bonds is 3. The molecule has 0 spiro atoms. The van der Waals surface area contributed by atoms with Crippen molar-refractivity contribution in [3.63, 3.8) is 0 Å². The number of benzene rings is 3. The van der Waals surface area contributed by atoms with Crippen LogP contribution in [-0.4, -0.2) is 48.2 Å². The molecular weight excluding hydrogens is 642 g/mol. The molecule has 7 rings (SSSR count). The third-order valence-electron chi connectivity index (χ3n) is 7.99. The van der Waals surface area contributed by atoms with Crippen LogP contribution in [0.5, 0.6) is 0 Å². The van der Waals surface area contributed by atoms with Gasteiger partial charge in [-0.3, -0.25) is 0 Å². The van der Waals surface area contributed by atoms with Crippen molar-refractivity contribution in [2.75, 3.05) is 0 Å². The predicted octanol–water partition coefficient (Wildman–Crippen LogP) is 6.95. The maximum absolute atomic E-state index is 11.3. The lowest BCUT2D eigenvalue weighted by atomic mass is 10.1. The average molecular weight is 666 g/mol.